The minimum atomic E-state index is 0.0852. The van der Waals surface area contributed by atoms with Crippen LogP contribution in [0.4, 0.5) is 0 Å². The first-order valence-electron chi connectivity index (χ1n) is 8.30. The van der Waals surface area contributed by atoms with Crippen molar-refractivity contribution in [2.75, 3.05) is 39.4 Å². The zero-order valence-electron chi connectivity index (χ0n) is 13.8. The molecular formula is C16H30N2O3. The number of ether oxygens (including phenoxy) is 1. The van der Waals surface area contributed by atoms with Gasteiger partial charge in [-0.1, -0.05) is 20.8 Å². The maximum absolute atomic E-state index is 12.0. The molecule has 2 aliphatic heterocycles. The summed E-state index contributed by atoms with van der Waals surface area (Å²) in [4.78, 5) is 27.7. The van der Waals surface area contributed by atoms with E-state index in [0.29, 0.717) is 39.1 Å². The Morgan fingerprint density at radius 3 is 1.81 bits per heavy atom. The van der Waals surface area contributed by atoms with E-state index in [9.17, 15) is 9.59 Å². The molecule has 5 heteroatoms. The van der Waals surface area contributed by atoms with Crippen LogP contribution < -0.4 is 0 Å². The van der Waals surface area contributed by atoms with Crippen LogP contribution >= 0.6 is 0 Å². The number of carbonyl (C=O) groups is 2. The van der Waals surface area contributed by atoms with E-state index in [2.05, 4.69) is 6.92 Å². The lowest BCUT2D eigenvalue weighted by Crippen LogP contribution is -2.42. The summed E-state index contributed by atoms with van der Waals surface area (Å²) in [5.74, 6) is 0.939. The van der Waals surface area contributed by atoms with Crippen molar-refractivity contribution in [3.63, 3.8) is 0 Å². The molecule has 2 saturated heterocycles. The van der Waals surface area contributed by atoms with Gasteiger partial charge >= 0.3 is 0 Å². The summed E-state index contributed by atoms with van der Waals surface area (Å²) in [6, 6.07) is 0. The summed E-state index contributed by atoms with van der Waals surface area (Å²) in [5, 5.41) is 0. The number of hydrogen-bond acceptors (Lipinski definition) is 3. The van der Waals surface area contributed by atoms with Gasteiger partial charge in [0.15, 0.2) is 0 Å². The van der Waals surface area contributed by atoms with E-state index in [1.54, 1.807) is 4.90 Å². The average Bonchev–Trinajstić information content (AvgIpc) is 2.55. The molecule has 2 aliphatic rings. The van der Waals surface area contributed by atoms with E-state index in [1.165, 1.54) is 0 Å². The molecule has 21 heavy (non-hydrogen) atoms. The molecule has 0 atom stereocenters. The van der Waals surface area contributed by atoms with Gasteiger partial charge in [-0.05, 0) is 18.8 Å². The first-order valence-corrected chi connectivity index (χ1v) is 8.30. The smallest absolute Gasteiger partial charge is 0.223 e. The zero-order chi connectivity index (χ0) is 15.7. The summed E-state index contributed by atoms with van der Waals surface area (Å²) in [5.41, 5.74) is 0. The summed E-state index contributed by atoms with van der Waals surface area (Å²) < 4.78 is 5.21. The van der Waals surface area contributed by atoms with Crippen molar-refractivity contribution in [1.29, 1.82) is 0 Å². The third-order valence-electron chi connectivity index (χ3n) is 4.05. The molecule has 2 amide bonds. The van der Waals surface area contributed by atoms with Crippen LogP contribution in [0.5, 0.6) is 0 Å². The lowest BCUT2D eigenvalue weighted by atomic mass is 9.99. The van der Waals surface area contributed by atoms with E-state index in [1.807, 2.05) is 18.7 Å². The van der Waals surface area contributed by atoms with E-state index >= 15 is 0 Å². The van der Waals surface area contributed by atoms with Crippen molar-refractivity contribution in [3.8, 4) is 0 Å². The molecule has 2 fully saturated rings. The number of carbonyl (C=O) groups excluding carboxylic acids is 2. The highest BCUT2D eigenvalue weighted by atomic mass is 16.5. The van der Waals surface area contributed by atoms with Gasteiger partial charge in [-0.15, -0.1) is 0 Å². The quantitative estimate of drug-likeness (QED) is 0.800. The fourth-order valence-corrected chi connectivity index (χ4v) is 2.60. The van der Waals surface area contributed by atoms with Gasteiger partial charge in [0.05, 0.1) is 13.2 Å². The highest BCUT2D eigenvalue weighted by Crippen LogP contribution is 2.17. The van der Waals surface area contributed by atoms with E-state index in [4.69, 9.17) is 4.74 Å². The normalized spacial score (nSPS) is 19.8. The molecule has 0 unspecified atom stereocenters. The van der Waals surface area contributed by atoms with Crippen molar-refractivity contribution < 1.29 is 14.3 Å². The van der Waals surface area contributed by atoms with Gasteiger partial charge in [-0.25, -0.2) is 0 Å². The lowest BCUT2D eigenvalue weighted by molar-refractivity contribution is -0.139. The molecule has 5 nitrogen and oxygen atoms in total. The van der Waals surface area contributed by atoms with Crippen LogP contribution in [-0.4, -0.2) is 61.0 Å². The molecule has 2 heterocycles. The average molecular weight is 298 g/mol. The SMILES string of the molecule is CC.CC1CCN(C(=O)CCC(=O)N2CCOCC2)CC1. The number of hydrogen-bond donors (Lipinski definition) is 0. The lowest BCUT2D eigenvalue weighted by Gasteiger charge is -2.31. The predicted octanol–water partition coefficient (Wildman–Crippen LogP) is 1.91. The molecule has 0 aliphatic carbocycles. The summed E-state index contributed by atoms with van der Waals surface area (Å²) in [6.07, 6.45) is 2.86. The minimum absolute atomic E-state index is 0.0852. The Hall–Kier alpha value is -1.10. The largest absolute Gasteiger partial charge is 0.378 e. The molecule has 2 rings (SSSR count). The van der Waals surface area contributed by atoms with Crippen LogP contribution in [0.2, 0.25) is 0 Å². The van der Waals surface area contributed by atoms with Crippen LogP contribution in [-0.2, 0) is 14.3 Å². The summed E-state index contributed by atoms with van der Waals surface area (Å²) in [6.45, 7) is 10.5. The number of morpholine rings is 1. The van der Waals surface area contributed by atoms with Crippen molar-refractivity contribution in [1.82, 2.24) is 9.80 Å². The molecule has 0 N–H and O–H groups in total. The van der Waals surface area contributed by atoms with Crippen LogP contribution in [0.15, 0.2) is 0 Å². The first-order chi connectivity index (χ1) is 10.2. The maximum atomic E-state index is 12.0. The van der Waals surface area contributed by atoms with Crippen molar-refractivity contribution in [2.45, 2.75) is 46.5 Å². The van der Waals surface area contributed by atoms with Crippen molar-refractivity contribution in [2.24, 2.45) is 5.92 Å². The molecule has 0 radical (unpaired) electrons. The van der Waals surface area contributed by atoms with E-state index < -0.39 is 0 Å². The van der Waals surface area contributed by atoms with Crippen LogP contribution in [0.1, 0.15) is 46.5 Å². The van der Waals surface area contributed by atoms with Gasteiger partial charge in [-0.3, -0.25) is 9.59 Å². The van der Waals surface area contributed by atoms with Gasteiger partial charge < -0.3 is 14.5 Å². The Bertz CT molecular complexity index is 319. The molecule has 0 aromatic rings. The van der Waals surface area contributed by atoms with Gasteiger partial charge in [0.1, 0.15) is 0 Å². The van der Waals surface area contributed by atoms with Crippen LogP contribution in [0.25, 0.3) is 0 Å². The van der Waals surface area contributed by atoms with Gasteiger partial charge in [0.2, 0.25) is 11.8 Å². The maximum Gasteiger partial charge on any atom is 0.223 e. The number of amides is 2. The highest BCUT2D eigenvalue weighted by molar-refractivity contribution is 5.83. The fourth-order valence-electron chi connectivity index (χ4n) is 2.60. The molecule has 0 saturated carbocycles. The molecule has 0 aromatic carbocycles. The number of nitrogens with zero attached hydrogens (tertiary/aromatic N) is 2. The predicted molar refractivity (Wildman–Crippen MR) is 83.0 cm³/mol. The van der Waals surface area contributed by atoms with Gasteiger partial charge in [0.25, 0.3) is 0 Å². The standard InChI is InChI=1S/C14H24N2O3.C2H6/c1-12-4-6-15(7-5-12)13(17)2-3-14(18)16-8-10-19-11-9-16;1-2/h12H,2-11H2,1H3;1-2H3. The second-order valence-electron chi connectivity index (χ2n) is 5.56. The monoisotopic (exact) mass is 298 g/mol. The molecule has 0 aromatic heterocycles. The molecular weight excluding hydrogens is 268 g/mol. The molecule has 0 bridgehead atoms. The Kier molecular flexibility index (Phi) is 8.35. The second kappa shape index (κ2) is 9.77. The number of rotatable bonds is 3. The Balaban J connectivity index is 0.00000106. The third-order valence-corrected chi connectivity index (χ3v) is 4.05. The summed E-state index contributed by atoms with van der Waals surface area (Å²) >= 11 is 0. The van der Waals surface area contributed by atoms with Gasteiger partial charge in [0, 0.05) is 39.0 Å². The van der Waals surface area contributed by atoms with Crippen molar-refractivity contribution in [3.05, 3.63) is 0 Å². The van der Waals surface area contributed by atoms with Crippen LogP contribution in [0.3, 0.4) is 0 Å². The summed E-state index contributed by atoms with van der Waals surface area (Å²) in [7, 11) is 0. The Morgan fingerprint density at radius 2 is 1.33 bits per heavy atom. The number of likely N-dealkylation sites (tertiary alicyclic amines) is 1. The minimum Gasteiger partial charge on any atom is -0.378 e. The zero-order valence-corrected chi connectivity index (χ0v) is 13.8. The van der Waals surface area contributed by atoms with Gasteiger partial charge in [-0.2, -0.15) is 0 Å². The van der Waals surface area contributed by atoms with Crippen molar-refractivity contribution >= 4 is 11.8 Å². The van der Waals surface area contributed by atoms with Crippen LogP contribution in [0, 0.1) is 5.92 Å². The third kappa shape index (κ3) is 6.04. The topological polar surface area (TPSA) is 49.9 Å². The first kappa shape index (κ1) is 18.0. The molecule has 0 spiro atoms. The second-order valence-corrected chi connectivity index (χ2v) is 5.56. The number of piperidine rings is 1. The van der Waals surface area contributed by atoms with E-state index in [-0.39, 0.29) is 11.8 Å². The highest BCUT2D eigenvalue weighted by Gasteiger charge is 2.22. The van der Waals surface area contributed by atoms with E-state index in [0.717, 1.165) is 31.8 Å². The Labute approximate surface area is 128 Å². The Morgan fingerprint density at radius 1 is 0.905 bits per heavy atom. The molecule has 122 valence electrons. The fraction of sp³-hybridized carbons (Fsp3) is 0.875.